The van der Waals surface area contributed by atoms with Gasteiger partial charge in [0, 0.05) is 19.2 Å². The fraction of sp³-hybridized carbons (Fsp3) is 0.462. The first-order valence-corrected chi connectivity index (χ1v) is 13.5. The highest BCUT2D eigenvalue weighted by Gasteiger charge is 2.51. The molecule has 0 radical (unpaired) electrons. The van der Waals surface area contributed by atoms with E-state index in [-0.39, 0.29) is 22.4 Å². The van der Waals surface area contributed by atoms with Gasteiger partial charge in [-0.25, -0.2) is 8.42 Å². The fourth-order valence-electron chi connectivity index (χ4n) is 4.78. The molecule has 2 fully saturated rings. The molecular formula is C26H33N3O4S. The van der Waals surface area contributed by atoms with Crippen LogP contribution in [0.1, 0.15) is 63.0 Å². The normalized spacial score (nSPS) is 17.6. The van der Waals surface area contributed by atoms with E-state index >= 15 is 0 Å². The van der Waals surface area contributed by atoms with Gasteiger partial charge in [-0.05, 0) is 73.9 Å². The summed E-state index contributed by atoms with van der Waals surface area (Å²) in [6.07, 6.45) is 7.77. The van der Waals surface area contributed by atoms with Gasteiger partial charge in [0.05, 0.1) is 11.1 Å². The lowest BCUT2D eigenvalue weighted by Crippen LogP contribution is -2.38. The van der Waals surface area contributed by atoms with E-state index in [2.05, 4.69) is 15.4 Å². The van der Waals surface area contributed by atoms with E-state index in [4.69, 9.17) is 0 Å². The van der Waals surface area contributed by atoms with Crippen molar-refractivity contribution in [2.45, 2.75) is 69.1 Å². The summed E-state index contributed by atoms with van der Waals surface area (Å²) < 4.78 is 28.7. The number of carbonyl (C=O) groups is 2. The summed E-state index contributed by atoms with van der Waals surface area (Å²) in [7, 11) is -3.93. The Balaban J connectivity index is 1.45. The van der Waals surface area contributed by atoms with Gasteiger partial charge in [0.25, 0.3) is 10.0 Å². The van der Waals surface area contributed by atoms with Crippen molar-refractivity contribution >= 4 is 33.2 Å². The Morgan fingerprint density at radius 2 is 1.68 bits per heavy atom. The molecule has 0 bridgehead atoms. The number of carbonyl (C=O) groups excluding carboxylic acids is 2. The van der Waals surface area contributed by atoms with Gasteiger partial charge in [0.2, 0.25) is 11.8 Å². The maximum atomic E-state index is 13.1. The average molecular weight is 484 g/mol. The second-order valence-electron chi connectivity index (χ2n) is 9.66. The summed E-state index contributed by atoms with van der Waals surface area (Å²) in [5.41, 5.74) is 1.80. The summed E-state index contributed by atoms with van der Waals surface area (Å²) in [5.74, 6) is 0.307. The van der Waals surface area contributed by atoms with Gasteiger partial charge >= 0.3 is 0 Å². The van der Waals surface area contributed by atoms with Crippen LogP contribution in [0.3, 0.4) is 0 Å². The second kappa shape index (κ2) is 9.78. The molecule has 0 spiro atoms. The molecule has 0 aliphatic heterocycles. The molecule has 2 saturated carbocycles. The molecule has 0 atom stereocenters. The highest BCUT2D eigenvalue weighted by molar-refractivity contribution is 7.92. The maximum absolute atomic E-state index is 13.1. The fourth-order valence-corrected chi connectivity index (χ4v) is 6.09. The van der Waals surface area contributed by atoms with Crippen LogP contribution < -0.4 is 15.4 Å². The molecular weight excluding hydrogens is 450 g/mol. The SMILES string of the molecule is CC(=O)Nc1ccc(C)cc1S(=O)(=O)Nc1ccc(C2(C(=O)NCC3CCCCC3)CC2)cc1. The summed E-state index contributed by atoms with van der Waals surface area (Å²) >= 11 is 0. The molecule has 8 heteroatoms. The zero-order valence-corrected chi connectivity index (χ0v) is 20.6. The lowest BCUT2D eigenvalue weighted by molar-refractivity contribution is -0.123. The van der Waals surface area contributed by atoms with Crippen LogP contribution in [0, 0.1) is 12.8 Å². The van der Waals surface area contributed by atoms with Gasteiger partial charge in [-0.1, -0.05) is 37.5 Å². The molecule has 2 aliphatic rings. The predicted octanol–water partition coefficient (Wildman–Crippen LogP) is 4.48. The van der Waals surface area contributed by atoms with Crippen molar-refractivity contribution in [3.8, 4) is 0 Å². The molecule has 2 aliphatic carbocycles. The molecule has 0 heterocycles. The van der Waals surface area contributed by atoms with Crippen molar-refractivity contribution in [1.82, 2.24) is 5.32 Å². The minimum absolute atomic E-state index is 0.00697. The second-order valence-corrected chi connectivity index (χ2v) is 11.3. The van der Waals surface area contributed by atoms with Crippen LogP contribution in [0.25, 0.3) is 0 Å². The Hall–Kier alpha value is -2.87. The van der Waals surface area contributed by atoms with Crippen LogP contribution in [0.2, 0.25) is 0 Å². The number of anilines is 2. The topological polar surface area (TPSA) is 104 Å². The lowest BCUT2D eigenvalue weighted by atomic mass is 9.88. The third-order valence-electron chi connectivity index (χ3n) is 6.89. The van der Waals surface area contributed by atoms with Crippen LogP contribution in [0.15, 0.2) is 47.4 Å². The molecule has 2 aromatic rings. The van der Waals surface area contributed by atoms with Crippen LogP contribution in [-0.4, -0.2) is 26.8 Å². The Morgan fingerprint density at radius 3 is 2.29 bits per heavy atom. The van der Waals surface area contributed by atoms with Gasteiger partial charge < -0.3 is 10.6 Å². The van der Waals surface area contributed by atoms with Gasteiger partial charge in [-0.3, -0.25) is 14.3 Å². The summed E-state index contributed by atoms with van der Waals surface area (Å²) in [6, 6.07) is 11.9. The Morgan fingerprint density at radius 1 is 1.00 bits per heavy atom. The van der Waals surface area contributed by atoms with Gasteiger partial charge in [0.15, 0.2) is 0 Å². The number of benzene rings is 2. The lowest BCUT2D eigenvalue weighted by Gasteiger charge is -2.23. The number of rotatable bonds is 8. The van der Waals surface area contributed by atoms with E-state index in [0.29, 0.717) is 11.6 Å². The smallest absolute Gasteiger partial charge is 0.263 e. The average Bonchev–Trinajstić information content (AvgIpc) is 3.61. The first kappa shape index (κ1) is 24.3. The third kappa shape index (κ3) is 5.43. The molecule has 0 unspecified atom stereocenters. The quantitative estimate of drug-likeness (QED) is 0.515. The standard InChI is InChI=1S/C26H33N3O4S/c1-18-8-13-23(28-19(2)30)24(16-18)34(32,33)29-22-11-9-21(10-12-22)26(14-15-26)25(31)27-17-20-6-4-3-5-7-20/h8-13,16,20,29H,3-7,14-15,17H2,1-2H3,(H,27,31)(H,28,30). The van der Waals surface area contributed by atoms with E-state index in [9.17, 15) is 18.0 Å². The van der Waals surface area contributed by atoms with Crippen molar-refractivity contribution in [3.63, 3.8) is 0 Å². The molecule has 3 N–H and O–H groups in total. The van der Waals surface area contributed by atoms with Crippen LogP contribution in [0.4, 0.5) is 11.4 Å². The molecule has 0 aromatic heterocycles. The van der Waals surface area contributed by atoms with Gasteiger partial charge in [-0.15, -0.1) is 0 Å². The maximum Gasteiger partial charge on any atom is 0.263 e. The Labute approximate surface area is 201 Å². The number of sulfonamides is 1. The first-order chi connectivity index (χ1) is 16.2. The molecule has 2 aromatic carbocycles. The van der Waals surface area contributed by atoms with Crippen LogP contribution in [-0.2, 0) is 25.0 Å². The number of hydrogen-bond acceptors (Lipinski definition) is 4. The van der Waals surface area contributed by atoms with E-state index in [1.165, 1.54) is 45.1 Å². The van der Waals surface area contributed by atoms with Crippen molar-refractivity contribution in [2.24, 2.45) is 5.92 Å². The molecule has 2 amide bonds. The van der Waals surface area contributed by atoms with Crippen LogP contribution in [0.5, 0.6) is 0 Å². The molecule has 0 saturated heterocycles. The number of aryl methyl sites for hydroxylation is 1. The summed E-state index contributed by atoms with van der Waals surface area (Å²) in [6.45, 7) is 3.87. The highest BCUT2D eigenvalue weighted by atomic mass is 32.2. The van der Waals surface area contributed by atoms with Crippen LogP contribution >= 0.6 is 0 Å². The predicted molar refractivity (Wildman–Crippen MR) is 133 cm³/mol. The van der Waals surface area contributed by atoms with Crippen molar-refractivity contribution in [1.29, 1.82) is 0 Å². The van der Waals surface area contributed by atoms with Crippen molar-refractivity contribution < 1.29 is 18.0 Å². The summed E-state index contributed by atoms with van der Waals surface area (Å²) in [4.78, 5) is 24.5. The zero-order valence-electron chi connectivity index (χ0n) is 19.8. The van der Waals surface area contributed by atoms with Gasteiger partial charge in [0.1, 0.15) is 4.90 Å². The monoisotopic (exact) mass is 483 g/mol. The minimum atomic E-state index is -3.93. The van der Waals surface area contributed by atoms with E-state index < -0.39 is 15.4 Å². The third-order valence-corrected chi connectivity index (χ3v) is 8.31. The first-order valence-electron chi connectivity index (χ1n) is 12.0. The zero-order chi connectivity index (χ0) is 24.3. The minimum Gasteiger partial charge on any atom is -0.355 e. The largest absolute Gasteiger partial charge is 0.355 e. The van der Waals surface area contributed by atoms with E-state index in [0.717, 1.165) is 30.5 Å². The molecule has 4 rings (SSSR count). The highest BCUT2D eigenvalue weighted by Crippen LogP contribution is 2.48. The van der Waals surface area contributed by atoms with Crippen molar-refractivity contribution in [2.75, 3.05) is 16.6 Å². The van der Waals surface area contributed by atoms with Crippen molar-refractivity contribution in [3.05, 3.63) is 53.6 Å². The Kier molecular flexibility index (Phi) is 6.98. The number of hydrogen-bond donors (Lipinski definition) is 3. The number of nitrogens with one attached hydrogen (secondary N) is 3. The van der Waals surface area contributed by atoms with E-state index in [1.807, 2.05) is 12.1 Å². The Bertz CT molecular complexity index is 1170. The number of amides is 2. The molecule has 182 valence electrons. The molecule has 7 nitrogen and oxygen atoms in total. The summed E-state index contributed by atoms with van der Waals surface area (Å²) in [5, 5.41) is 5.75. The molecule has 34 heavy (non-hydrogen) atoms. The van der Waals surface area contributed by atoms with Gasteiger partial charge in [-0.2, -0.15) is 0 Å². The van der Waals surface area contributed by atoms with E-state index in [1.54, 1.807) is 31.2 Å².